The first-order valence-electron chi connectivity index (χ1n) is 9.36. The van der Waals surface area contributed by atoms with Crippen molar-refractivity contribution >= 4 is 5.91 Å². The fraction of sp³-hybridized carbons (Fsp3) is 0.500. The second-order valence-corrected chi connectivity index (χ2v) is 7.19. The lowest BCUT2D eigenvalue weighted by atomic mass is 9.95. The molecule has 2 N–H and O–H groups in total. The number of aromatic nitrogens is 2. The minimum atomic E-state index is -0.250. The Bertz CT molecular complexity index is 739. The Hall–Kier alpha value is -2.25. The number of hydrogen-bond donors (Lipinski definition) is 2. The van der Waals surface area contributed by atoms with Crippen LogP contribution in [0.3, 0.4) is 0 Å². The molecule has 146 valence electrons. The Labute approximate surface area is 159 Å². The first-order valence-corrected chi connectivity index (χ1v) is 9.36. The summed E-state index contributed by atoms with van der Waals surface area (Å²) < 4.78 is 18.2. The van der Waals surface area contributed by atoms with E-state index >= 15 is 0 Å². The van der Waals surface area contributed by atoms with Crippen LogP contribution in [0.4, 0.5) is 4.39 Å². The predicted octanol–water partition coefficient (Wildman–Crippen LogP) is 2.58. The number of carbonyl (C=O) groups excluding carboxylic acids is 1. The van der Waals surface area contributed by atoms with Crippen molar-refractivity contribution in [2.24, 2.45) is 5.92 Å². The second kappa shape index (κ2) is 9.10. The number of likely N-dealkylation sites (tertiary alicyclic amines) is 1. The van der Waals surface area contributed by atoms with E-state index in [-0.39, 0.29) is 23.7 Å². The number of rotatable bonds is 7. The van der Waals surface area contributed by atoms with Gasteiger partial charge in [0.05, 0.1) is 18.5 Å². The Kier molecular flexibility index (Phi) is 6.58. The molecule has 7 heteroatoms. The maximum atomic E-state index is 13.2. The normalized spacial score (nSPS) is 17.0. The third-order valence-electron chi connectivity index (χ3n) is 5.01. The van der Waals surface area contributed by atoms with Gasteiger partial charge in [-0.15, -0.1) is 0 Å². The molecule has 27 heavy (non-hydrogen) atoms. The molecule has 1 aromatic heterocycles. The lowest BCUT2D eigenvalue weighted by molar-refractivity contribution is -0.127. The molecular weight excluding hydrogens is 347 g/mol. The molecule has 1 saturated heterocycles. The molecule has 6 nitrogen and oxygen atoms in total. The molecule has 0 aliphatic carbocycles. The molecule has 1 amide bonds. The number of nitrogens with one attached hydrogen (secondary N) is 2. The molecule has 1 aromatic carbocycles. The van der Waals surface area contributed by atoms with Gasteiger partial charge in [0, 0.05) is 36.7 Å². The van der Waals surface area contributed by atoms with Crippen LogP contribution in [0.1, 0.15) is 25.3 Å². The third-order valence-corrected chi connectivity index (χ3v) is 5.01. The molecule has 1 aliphatic heterocycles. The summed E-state index contributed by atoms with van der Waals surface area (Å²) in [5.74, 6) is -0.0732. The smallest absolute Gasteiger partial charge is 0.223 e. The van der Waals surface area contributed by atoms with Crippen molar-refractivity contribution in [3.8, 4) is 11.3 Å². The van der Waals surface area contributed by atoms with E-state index in [1.165, 1.54) is 12.1 Å². The molecule has 0 spiro atoms. The number of aromatic amines is 1. The zero-order valence-corrected chi connectivity index (χ0v) is 15.9. The molecule has 2 aromatic rings. The number of piperidine rings is 1. The molecule has 1 aliphatic rings. The van der Waals surface area contributed by atoms with Crippen LogP contribution < -0.4 is 5.32 Å². The summed E-state index contributed by atoms with van der Waals surface area (Å²) in [6.07, 6.45) is 3.51. The monoisotopic (exact) mass is 374 g/mol. The van der Waals surface area contributed by atoms with Gasteiger partial charge in [-0.05, 0) is 57.1 Å². The van der Waals surface area contributed by atoms with Gasteiger partial charge < -0.3 is 10.1 Å². The standard InChI is InChI=1S/C20H27FN4O2/c1-14(13-27-2)23-20(26)16-7-9-25(10-8-16)12-17-11-22-24-19(17)15-3-5-18(21)6-4-15/h3-6,11,14,16H,7-10,12-13H2,1-2H3,(H,22,24)(H,23,26)/t14-/m0/s1. The number of ether oxygens (including phenoxy) is 1. The molecule has 1 atom stereocenters. The average molecular weight is 374 g/mol. The van der Waals surface area contributed by atoms with Crippen molar-refractivity contribution in [1.82, 2.24) is 20.4 Å². The minimum Gasteiger partial charge on any atom is -0.383 e. The second-order valence-electron chi connectivity index (χ2n) is 7.19. The zero-order valence-electron chi connectivity index (χ0n) is 15.9. The molecular formula is C20H27FN4O2. The molecule has 0 bridgehead atoms. The topological polar surface area (TPSA) is 70.2 Å². The van der Waals surface area contributed by atoms with Gasteiger partial charge in [-0.1, -0.05) is 0 Å². The Morgan fingerprint density at radius 1 is 1.37 bits per heavy atom. The Morgan fingerprint density at radius 2 is 2.07 bits per heavy atom. The largest absolute Gasteiger partial charge is 0.383 e. The van der Waals surface area contributed by atoms with Gasteiger partial charge in [-0.3, -0.25) is 14.8 Å². The number of amides is 1. The van der Waals surface area contributed by atoms with Crippen molar-refractivity contribution in [2.75, 3.05) is 26.8 Å². The van der Waals surface area contributed by atoms with Crippen LogP contribution in [0.2, 0.25) is 0 Å². The lowest BCUT2D eigenvalue weighted by Crippen LogP contribution is -2.44. The maximum Gasteiger partial charge on any atom is 0.223 e. The summed E-state index contributed by atoms with van der Waals surface area (Å²) >= 11 is 0. The highest BCUT2D eigenvalue weighted by atomic mass is 19.1. The third kappa shape index (κ3) is 5.14. The minimum absolute atomic E-state index is 0.0322. The molecule has 0 radical (unpaired) electrons. The highest BCUT2D eigenvalue weighted by Gasteiger charge is 2.26. The summed E-state index contributed by atoms with van der Waals surface area (Å²) in [5, 5.41) is 10.2. The summed E-state index contributed by atoms with van der Waals surface area (Å²) in [7, 11) is 1.64. The number of benzene rings is 1. The van der Waals surface area contributed by atoms with Crippen molar-refractivity contribution in [1.29, 1.82) is 0 Å². The highest BCUT2D eigenvalue weighted by Crippen LogP contribution is 2.25. The van der Waals surface area contributed by atoms with Crippen molar-refractivity contribution < 1.29 is 13.9 Å². The van der Waals surface area contributed by atoms with Gasteiger partial charge in [0.15, 0.2) is 0 Å². The van der Waals surface area contributed by atoms with Crippen LogP contribution >= 0.6 is 0 Å². The van der Waals surface area contributed by atoms with Gasteiger partial charge in [0.2, 0.25) is 5.91 Å². The van der Waals surface area contributed by atoms with Crippen LogP contribution in [0.5, 0.6) is 0 Å². The first kappa shape index (κ1) is 19.5. The zero-order chi connectivity index (χ0) is 19.2. The Balaban J connectivity index is 1.54. The molecule has 2 heterocycles. The van der Waals surface area contributed by atoms with E-state index in [1.807, 2.05) is 13.1 Å². The van der Waals surface area contributed by atoms with E-state index in [9.17, 15) is 9.18 Å². The van der Waals surface area contributed by atoms with Gasteiger partial charge in [-0.2, -0.15) is 5.10 Å². The van der Waals surface area contributed by atoms with E-state index in [1.54, 1.807) is 19.2 Å². The molecule has 0 unspecified atom stereocenters. The fourth-order valence-electron chi connectivity index (χ4n) is 3.54. The molecule has 3 rings (SSSR count). The molecule has 0 saturated carbocycles. The number of carbonyl (C=O) groups is 1. The summed E-state index contributed by atoms with van der Waals surface area (Å²) in [6, 6.07) is 6.45. The summed E-state index contributed by atoms with van der Waals surface area (Å²) in [5.41, 5.74) is 2.92. The quantitative estimate of drug-likeness (QED) is 0.782. The fourth-order valence-corrected chi connectivity index (χ4v) is 3.54. The first-order chi connectivity index (χ1) is 13.1. The van der Waals surface area contributed by atoms with Crippen molar-refractivity contribution in [3.05, 3.63) is 41.8 Å². The van der Waals surface area contributed by atoms with E-state index < -0.39 is 0 Å². The van der Waals surface area contributed by atoms with Crippen LogP contribution in [0.25, 0.3) is 11.3 Å². The van der Waals surface area contributed by atoms with Gasteiger partial charge in [0.25, 0.3) is 0 Å². The van der Waals surface area contributed by atoms with Crippen LogP contribution in [0, 0.1) is 11.7 Å². The van der Waals surface area contributed by atoms with E-state index in [0.717, 1.165) is 49.3 Å². The predicted molar refractivity (Wildman–Crippen MR) is 101 cm³/mol. The SMILES string of the molecule is COC[C@H](C)NC(=O)C1CCN(Cc2cn[nH]c2-c2ccc(F)cc2)CC1. The van der Waals surface area contributed by atoms with E-state index in [2.05, 4.69) is 20.4 Å². The van der Waals surface area contributed by atoms with Crippen molar-refractivity contribution in [3.63, 3.8) is 0 Å². The average Bonchev–Trinajstić information content (AvgIpc) is 3.11. The summed E-state index contributed by atoms with van der Waals surface area (Å²) in [6.45, 7) is 4.97. The van der Waals surface area contributed by atoms with E-state index in [0.29, 0.717) is 6.61 Å². The number of nitrogens with zero attached hydrogens (tertiary/aromatic N) is 2. The number of H-pyrrole nitrogens is 1. The summed E-state index contributed by atoms with van der Waals surface area (Å²) in [4.78, 5) is 14.7. The number of halogens is 1. The van der Waals surface area contributed by atoms with Crippen molar-refractivity contribution in [2.45, 2.75) is 32.4 Å². The number of hydrogen-bond acceptors (Lipinski definition) is 4. The van der Waals surface area contributed by atoms with Crippen LogP contribution in [0.15, 0.2) is 30.5 Å². The highest BCUT2D eigenvalue weighted by molar-refractivity contribution is 5.79. The molecule has 1 fully saturated rings. The maximum absolute atomic E-state index is 13.2. The van der Waals surface area contributed by atoms with Gasteiger partial charge >= 0.3 is 0 Å². The number of methoxy groups -OCH3 is 1. The van der Waals surface area contributed by atoms with Gasteiger partial charge in [0.1, 0.15) is 5.82 Å². The van der Waals surface area contributed by atoms with Crippen LogP contribution in [-0.2, 0) is 16.1 Å². The van der Waals surface area contributed by atoms with Crippen LogP contribution in [-0.4, -0.2) is 53.9 Å². The Morgan fingerprint density at radius 3 is 2.74 bits per heavy atom. The van der Waals surface area contributed by atoms with E-state index in [4.69, 9.17) is 4.74 Å². The van der Waals surface area contributed by atoms with Gasteiger partial charge in [-0.25, -0.2) is 4.39 Å². The lowest BCUT2D eigenvalue weighted by Gasteiger charge is -2.31.